The van der Waals surface area contributed by atoms with Crippen LogP contribution in [0.2, 0.25) is 0 Å². The molecule has 1 N–H and O–H groups in total. The Morgan fingerprint density at radius 2 is 2.00 bits per heavy atom. The first-order valence-electron chi connectivity index (χ1n) is 8.22. The summed E-state index contributed by atoms with van der Waals surface area (Å²) in [5, 5.41) is 3.44. The Balaban J connectivity index is 1.95. The number of nitrogens with zero attached hydrogens (tertiary/aromatic N) is 2. The number of hydrogen-bond acceptors (Lipinski definition) is 4. The van der Waals surface area contributed by atoms with Crippen LogP contribution in [0.3, 0.4) is 0 Å². The number of methoxy groups -OCH3 is 1. The Kier molecular flexibility index (Phi) is 6.88. The van der Waals surface area contributed by atoms with Crippen LogP contribution >= 0.6 is 0 Å². The van der Waals surface area contributed by atoms with Gasteiger partial charge in [-0.05, 0) is 35.7 Å². The number of benzene rings is 1. The molecule has 0 amide bonds. The number of unbranched alkanes of at least 4 members (excludes halogenated alkanes) is 1. The van der Waals surface area contributed by atoms with E-state index in [0.29, 0.717) is 0 Å². The van der Waals surface area contributed by atoms with Gasteiger partial charge in [0.1, 0.15) is 5.75 Å². The highest BCUT2D eigenvalue weighted by Crippen LogP contribution is 2.28. The predicted octanol–water partition coefficient (Wildman–Crippen LogP) is 3.62. The first-order chi connectivity index (χ1) is 11.2. The lowest BCUT2D eigenvalue weighted by Crippen LogP contribution is -2.19. The molecule has 2 aromatic rings. The van der Waals surface area contributed by atoms with Crippen LogP contribution in [-0.4, -0.2) is 25.7 Å². The van der Waals surface area contributed by atoms with Crippen molar-refractivity contribution in [2.24, 2.45) is 0 Å². The molecule has 0 aliphatic carbocycles. The summed E-state index contributed by atoms with van der Waals surface area (Å²) in [7, 11) is 3.85. The molecular formula is C19H27N3O. The quantitative estimate of drug-likeness (QED) is 0.767. The molecule has 0 radical (unpaired) electrons. The molecule has 1 heterocycles. The normalized spacial score (nSPS) is 10.6. The molecule has 4 heteroatoms. The summed E-state index contributed by atoms with van der Waals surface area (Å²) < 4.78 is 5.57. The van der Waals surface area contributed by atoms with Gasteiger partial charge in [-0.2, -0.15) is 0 Å². The zero-order valence-corrected chi connectivity index (χ0v) is 14.4. The molecule has 0 aliphatic heterocycles. The number of aromatic nitrogens is 1. The second-order valence-corrected chi connectivity index (χ2v) is 5.75. The Bertz CT molecular complexity index is 586. The zero-order chi connectivity index (χ0) is 16.5. The van der Waals surface area contributed by atoms with Gasteiger partial charge >= 0.3 is 0 Å². The van der Waals surface area contributed by atoms with E-state index < -0.39 is 0 Å². The summed E-state index contributed by atoms with van der Waals surface area (Å²) in [5.74, 6) is 0.935. The van der Waals surface area contributed by atoms with Gasteiger partial charge in [0, 0.05) is 39.1 Å². The summed E-state index contributed by atoms with van der Waals surface area (Å²) in [4.78, 5) is 6.39. The molecular weight excluding hydrogens is 286 g/mol. The molecule has 1 aromatic carbocycles. The van der Waals surface area contributed by atoms with Crippen LogP contribution in [0, 0.1) is 0 Å². The molecule has 0 bridgehead atoms. The topological polar surface area (TPSA) is 37.4 Å². The molecule has 0 saturated heterocycles. The summed E-state index contributed by atoms with van der Waals surface area (Å²) >= 11 is 0. The largest absolute Gasteiger partial charge is 0.495 e. The van der Waals surface area contributed by atoms with Gasteiger partial charge in [-0.25, -0.2) is 0 Å². The van der Waals surface area contributed by atoms with E-state index in [-0.39, 0.29) is 0 Å². The number of anilines is 1. The van der Waals surface area contributed by atoms with E-state index in [9.17, 15) is 0 Å². The molecule has 2 rings (SSSR count). The summed E-state index contributed by atoms with van der Waals surface area (Å²) in [6.07, 6.45) is 6.07. The highest BCUT2D eigenvalue weighted by atomic mass is 16.5. The van der Waals surface area contributed by atoms with Gasteiger partial charge in [0.2, 0.25) is 0 Å². The minimum atomic E-state index is 0.810. The Morgan fingerprint density at radius 1 is 1.17 bits per heavy atom. The fraction of sp³-hybridized carbons (Fsp3) is 0.421. The fourth-order valence-electron chi connectivity index (χ4n) is 2.52. The maximum Gasteiger partial charge on any atom is 0.142 e. The first-order valence-corrected chi connectivity index (χ1v) is 8.22. The minimum Gasteiger partial charge on any atom is -0.495 e. The standard InChI is InChI=1S/C19H27N3O/c1-4-5-11-22(2)18-9-8-16(12-19(18)23-3)13-21-15-17-7-6-10-20-14-17/h6-10,12,14,21H,4-5,11,13,15H2,1-3H3. The first kappa shape index (κ1) is 17.3. The Hall–Kier alpha value is -2.07. The van der Waals surface area contributed by atoms with Gasteiger partial charge in [-0.1, -0.05) is 25.5 Å². The maximum absolute atomic E-state index is 5.57. The maximum atomic E-state index is 5.57. The van der Waals surface area contributed by atoms with Crippen molar-refractivity contribution in [3.63, 3.8) is 0 Å². The average molecular weight is 313 g/mol. The summed E-state index contributed by atoms with van der Waals surface area (Å²) in [6, 6.07) is 10.5. The zero-order valence-electron chi connectivity index (χ0n) is 14.4. The molecule has 1 aromatic heterocycles. The predicted molar refractivity (Wildman–Crippen MR) is 96.0 cm³/mol. The van der Waals surface area contributed by atoms with E-state index in [1.165, 1.54) is 24.0 Å². The molecule has 0 fully saturated rings. The lowest BCUT2D eigenvalue weighted by molar-refractivity contribution is 0.414. The molecule has 4 nitrogen and oxygen atoms in total. The van der Waals surface area contributed by atoms with Crippen LogP contribution in [0.5, 0.6) is 5.75 Å². The van der Waals surface area contributed by atoms with Gasteiger partial charge in [0.15, 0.2) is 0 Å². The number of hydrogen-bond donors (Lipinski definition) is 1. The van der Waals surface area contributed by atoms with Crippen LogP contribution in [0.15, 0.2) is 42.7 Å². The van der Waals surface area contributed by atoms with Gasteiger partial charge in [-0.15, -0.1) is 0 Å². The number of pyridine rings is 1. The fourth-order valence-corrected chi connectivity index (χ4v) is 2.52. The van der Waals surface area contributed by atoms with E-state index in [2.05, 4.69) is 53.4 Å². The lowest BCUT2D eigenvalue weighted by atomic mass is 10.1. The lowest BCUT2D eigenvalue weighted by Gasteiger charge is -2.22. The Morgan fingerprint density at radius 3 is 2.70 bits per heavy atom. The second-order valence-electron chi connectivity index (χ2n) is 5.75. The van der Waals surface area contributed by atoms with E-state index >= 15 is 0 Å². The van der Waals surface area contributed by atoms with E-state index in [4.69, 9.17) is 4.74 Å². The van der Waals surface area contributed by atoms with Gasteiger partial charge in [-0.3, -0.25) is 4.98 Å². The molecule has 0 aliphatic rings. The van der Waals surface area contributed by atoms with Crippen LogP contribution in [-0.2, 0) is 13.1 Å². The molecule has 0 atom stereocenters. The van der Waals surface area contributed by atoms with Crippen molar-refractivity contribution in [2.75, 3.05) is 25.6 Å². The van der Waals surface area contributed by atoms with Crippen molar-refractivity contribution in [1.82, 2.24) is 10.3 Å². The highest BCUT2D eigenvalue weighted by molar-refractivity contribution is 5.59. The van der Waals surface area contributed by atoms with Gasteiger partial charge in [0.05, 0.1) is 12.8 Å². The van der Waals surface area contributed by atoms with Gasteiger partial charge < -0.3 is 15.0 Å². The van der Waals surface area contributed by atoms with Crippen LogP contribution in [0.4, 0.5) is 5.69 Å². The molecule has 0 spiro atoms. The number of nitrogens with one attached hydrogen (secondary N) is 1. The third kappa shape index (κ3) is 5.25. The van der Waals surface area contributed by atoms with E-state index in [0.717, 1.165) is 31.1 Å². The second kappa shape index (κ2) is 9.16. The van der Waals surface area contributed by atoms with Crippen molar-refractivity contribution in [1.29, 1.82) is 0 Å². The monoisotopic (exact) mass is 313 g/mol. The van der Waals surface area contributed by atoms with Crippen molar-refractivity contribution < 1.29 is 4.74 Å². The summed E-state index contributed by atoms with van der Waals surface area (Å²) in [5.41, 5.74) is 3.56. The number of ether oxygens (including phenoxy) is 1. The Labute approximate surface area is 139 Å². The van der Waals surface area contributed by atoms with Crippen LogP contribution < -0.4 is 15.0 Å². The highest BCUT2D eigenvalue weighted by Gasteiger charge is 2.08. The molecule has 23 heavy (non-hydrogen) atoms. The van der Waals surface area contributed by atoms with Crippen molar-refractivity contribution in [3.8, 4) is 5.75 Å². The third-order valence-electron chi connectivity index (χ3n) is 3.88. The molecule has 124 valence electrons. The van der Waals surface area contributed by atoms with Crippen molar-refractivity contribution >= 4 is 5.69 Å². The minimum absolute atomic E-state index is 0.810. The van der Waals surface area contributed by atoms with E-state index in [1.807, 2.05) is 12.3 Å². The SMILES string of the molecule is CCCCN(C)c1ccc(CNCc2cccnc2)cc1OC. The van der Waals surface area contributed by atoms with E-state index in [1.54, 1.807) is 13.3 Å². The summed E-state index contributed by atoms with van der Waals surface area (Å²) in [6.45, 7) is 4.88. The molecule has 0 saturated carbocycles. The number of rotatable bonds is 9. The van der Waals surface area contributed by atoms with Gasteiger partial charge in [0.25, 0.3) is 0 Å². The van der Waals surface area contributed by atoms with Crippen molar-refractivity contribution in [3.05, 3.63) is 53.9 Å². The van der Waals surface area contributed by atoms with Crippen molar-refractivity contribution in [2.45, 2.75) is 32.9 Å². The van der Waals surface area contributed by atoms with Crippen LogP contribution in [0.1, 0.15) is 30.9 Å². The smallest absolute Gasteiger partial charge is 0.142 e. The van der Waals surface area contributed by atoms with Crippen LogP contribution in [0.25, 0.3) is 0 Å². The average Bonchev–Trinajstić information content (AvgIpc) is 2.60. The molecule has 0 unspecified atom stereocenters. The third-order valence-corrected chi connectivity index (χ3v) is 3.88.